The normalized spacial score (nSPS) is 13.4. The van der Waals surface area contributed by atoms with Gasteiger partial charge in [-0.25, -0.2) is 4.39 Å². The maximum absolute atomic E-state index is 13.1. The fourth-order valence-electron chi connectivity index (χ4n) is 3.13. The van der Waals surface area contributed by atoms with Crippen molar-refractivity contribution in [2.45, 2.75) is 6.92 Å². The van der Waals surface area contributed by atoms with Gasteiger partial charge >= 0.3 is 0 Å². The van der Waals surface area contributed by atoms with Gasteiger partial charge in [-0.1, -0.05) is 12.1 Å². The van der Waals surface area contributed by atoms with Gasteiger partial charge < -0.3 is 4.74 Å². The molecule has 2 amide bonds. The monoisotopic (exact) mass is 335 g/mol. The van der Waals surface area contributed by atoms with E-state index in [-0.39, 0.29) is 17.6 Å². The van der Waals surface area contributed by atoms with Crippen LogP contribution in [0.3, 0.4) is 0 Å². The highest BCUT2D eigenvalue weighted by molar-refractivity contribution is 6.26. The number of carbonyl (C=O) groups is 2. The summed E-state index contributed by atoms with van der Waals surface area (Å²) in [6.45, 7) is 2.09. The van der Waals surface area contributed by atoms with E-state index < -0.39 is 0 Å². The number of halogens is 1. The number of amides is 2. The summed E-state index contributed by atoms with van der Waals surface area (Å²) < 4.78 is 18.9. The van der Waals surface area contributed by atoms with Crippen molar-refractivity contribution in [3.05, 3.63) is 71.5 Å². The van der Waals surface area contributed by atoms with Crippen LogP contribution in [0.5, 0.6) is 11.5 Å². The van der Waals surface area contributed by atoms with Gasteiger partial charge in [-0.15, -0.1) is 0 Å². The number of rotatable bonds is 3. The molecule has 4 nitrogen and oxygen atoms in total. The minimum absolute atomic E-state index is 0.301. The molecule has 0 atom stereocenters. The summed E-state index contributed by atoms with van der Waals surface area (Å²) in [5.41, 5.74) is 0.969. The van der Waals surface area contributed by atoms with E-state index in [0.717, 1.165) is 0 Å². The average Bonchev–Trinajstić information content (AvgIpc) is 2.63. The van der Waals surface area contributed by atoms with Crippen molar-refractivity contribution in [3.63, 3.8) is 0 Å². The maximum atomic E-state index is 13.1. The number of nitrogens with zero attached hydrogens (tertiary/aromatic N) is 1. The molecule has 0 radical (unpaired) electrons. The van der Waals surface area contributed by atoms with E-state index in [2.05, 4.69) is 0 Å². The quantitative estimate of drug-likeness (QED) is 0.667. The highest BCUT2D eigenvalue weighted by atomic mass is 19.1. The minimum Gasteiger partial charge on any atom is -0.457 e. The zero-order chi connectivity index (χ0) is 17.6. The molecule has 0 aliphatic carbocycles. The molecule has 25 heavy (non-hydrogen) atoms. The molecule has 1 aliphatic heterocycles. The predicted octanol–water partition coefficient (Wildman–Crippen LogP) is 4.39. The van der Waals surface area contributed by atoms with Crippen molar-refractivity contribution in [1.82, 2.24) is 4.90 Å². The first-order valence-corrected chi connectivity index (χ1v) is 7.95. The van der Waals surface area contributed by atoms with E-state index in [4.69, 9.17) is 4.74 Å². The van der Waals surface area contributed by atoms with Crippen LogP contribution in [0.1, 0.15) is 27.6 Å². The van der Waals surface area contributed by atoms with E-state index in [0.29, 0.717) is 39.9 Å². The van der Waals surface area contributed by atoms with Crippen molar-refractivity contribution < 1.29 is 18.7 Å². The van der Waals surface area contributed by atoms with Gasteiger partial charge in [0.05, 0.1) is 0 Å². The van der Waals surface area contributed by atoms with Crippen LogP contribution in [-0.2, 0) is 0 Å². The Morgan fingerprint density at radius 3 is 2.28 bits per heavy atom. The molecule has 0 aromatic heterocycles. The third kappa shape index (κ3) is 2.36. The summed E-state index contributed by atoms with van der Waals surface area (Å²) in [6.07, 6.45) is 0. The Balaban J connectivity index is 1.89. The molecule has 0 fully saturated rings. The van der Waals surface area contributed by atoms with E-state index in [9.17, 15) is 14.0 Å². The molecular weight excluding hydrogens is 321 g/mol. The lowest BCUT2D eigenvalue weighted by atomic mass is 9.93. The molecule has 1 heterocycles. The number of imide groups is 1. The van der Waals surface area contributed by atoms with Crippen LogP contribution in [0.15, 0.2) is 54.6 Å². The summed E-state index contributed by atoms with van der Waals surface area (Å²) in [7, 11) is 0. The lowest BCUT2D eigenvalue weighted by Gasteiger charge is -2.26. The Morgan fingerprint density at radius 2 is 1.60 bits per heavy atom. The standard InChI is InChI=1S/C20H14FNO3/c1-2-22-19(23)15-5-3-4-14-17(11-10-16(18(14)15)20(22)24)25-13-8-6-12(21)7-9-13/h3-11H,2H2,1H3. The van der Waals surface area contributed by atoms with Crippen LogP contribution in [-0.4, -0.2) is 23.3 Å². The van der Waals surface area contributed by atoms with Crippen molar-refractivity contribution >= 4 is 22.6 Å². The van der Waals surface area contributed by atoms with Crippen LogP contribution in [0.2, 0.25) is 0 Å². The van der Waals surface area contributed by atoms with Gasteiger partial charge in [-0.2, -0.15) is 0 Å². The van der Waals surface area contributed by atoms with Crippen LogP contribution >= 0.6 is 0 Å². The molecule has 0 saturated heterocycles. The highest BCUT2D eigenvalue weighted by Crippen LogP contribution is 2.37. The fourth-order valence-corrected chi connectivity index (χ4v) is 3.13. The first kappa shape index (κ1) is 15.3. The molecule has 0 bridgehead atoms. The minimum atomic E-state index is -0.347. The van der Waals surface area contributed by atoms with Crippen LogP contribution in [0.4, 0.5) is 4.39 Å². The fraction of sp³-hybridized carbons (Fsp3) is 0.100. The van der Waals surface area contributed by atoms with Crippen molar-refractivity contribution in [2.75, 3.05) is 6.54 Å². The lowest BCUT2D eigenvalue weighted by Crippen LogP contribution is -2.40. The summed E-state index contributed by atoms with van der Waals surface area (Å²) in [5, 5.41) is 1.28. The molecule has 124 valence electrons. The smallest absolute Gasteiger partial charge is 0.261 e. The molecule has 0 spiro atoms. The van der Waals surface area contributed by atoms with Crippen molar-refractivity contribution in [3.8, 4) is 11.5 Å². The number of carbonyl (C=O) groups excluding carboxylic acids is 2. The van der Waals surface area contributed by atoms with Gasteiger partial charge in [-0.05, 0) is 49.4 Å². The van der Waals surface area contributed by atoms with Crippen molar-refractivity contribution in [1.29, 1.82) is 0 Å². The Hall–Kier alpha value is -3.21. The second kappa shape index (κ2) is 5.70. The molecule has 1 aliphatic rings. The summed E-state index contributed by atoms with van der Waals surface area (Å²) >= 11 is 0. The molecule has 3 aromatic carbocycles. The van der Waals surface area contributed by atoms with Crippen LogP contribution in [0, 0.1) is 5.82 Å². The third-order valence-corrected chi connectivity index (χ3v) is 4.31. The van der Waals surface area contributed by atoms with Gasteiger partial charge in [0.2, 0.25) is 0 Å². The van der Waals surface area contributed by atoms with Crippen LogP contribution in [0.25, 0.3) is 10.8 Å². The molecule has 4 rings (SSSR count). The van der Waals surface area contributed by atoms with Gasteiger partial charge in [0.25, 0.3) is 11.8 Å². The summed E-state index contributed by atoms with van der Waals surface area (Å²) in [4.78, 5) is 26.4. The largest absolute Gasteiger partial charge is 0.457 e. The third-order valence-electron chi connectivity index (χ3n) is 4.31. The zero-order valence-corrected chi connectivity index (χ0v) is 13.5. The topological polar surface area (TPSA) is 46.6 Å². The maximum Gasteiger partial charge on any atom is 0.261 e. The van der Waals surface area contributed by atoms with Crippen molar-refractivity contribution in [2.24, 2.45) is 0 Å². The molecule has 0 saturated carbocycles. The van der Waals surface area contributed by atoms with Gasteiger partial charge in [0.1, 0.15) is 17.3 Å². The number of ether oxygens (including phenoxy) is 1. The molecule has 5 heteroatoms. The SMILES string of the molecule is CCN1C(=O)c2cccc3c(Oc4ccc(F)cc4)ccc(c23)C1=O. The number of hydrogen-bond donors (Lipinski definition) is 0. The zero-order valence-electron chi connectivity index (χ0n) is 13.5. The summed E-state index contributed by atoms with van der Waals surface area (Å²) in [6, 6.07) is 14.3. The molecule has 3 aromatic rings. The average molecular weight is 335 g/mol. The van der Waals surface area contributed by atoms with E-state index in [1.165, 1.54) is 29.2 Å². The number of hydrogen-bond acceptors (Lipinski definition) is 3. The van der Waals surface area contributed by atoms with Crippen LogP contribution < -0.4 is 4.74 Å². The Morgan fingerprint density at radius 1 is 0.920 bits per heavy atom. The second-order valence-electron chi connectivity index (χ2n) is 5.75. The Bertz CT molecular complexity index is 989. The lowest BCUT2D eigenvalue weighted by molar-refractivity contribution is 0.0619. The van der Waals surface area contributed by atoms with E-state index >= 15 is 0 Å². The van der Waals surface area contributed by atoms with E-state index in [1.54, 1.807) is 31.2 Å². The Kier molecular flexibility index (Phi) is 3.50. The highest BCUT2D eigenvalue weighted by Gasteiger charge is 2.32. The number of benzene rings is 3. The first-order valence-electron chi connectivity index (χ1n) is 7.95. The summed E-state index contributed by atoms with van der Waals surface area (Å²) in [5.74, 6) is 0.0395. The van der Waals surface area contributed by atoms with E-state index in [1.807, 2.05) is 6.07 Å². The van der Waals surface area contributed by atoms with Gasteiger partial charge in [0.15, 0.2) is 0 Å². The Labute approximate surface area is 143 Å². The second-order valence-corrected chi connectivity index (χ2v) is 5.75. The van der Waals surface area contributed by atoms with Gasteiger partial charge in [0, 0.05) is 28.4 Å². The molecule has 0 unspecified atom stereocenters. The molecular formula is C20H14FNO3. The van der Waals surface area contributed by atoms with Gasteiger partial charge in [-0.3, -0.25) is 14.5 Å². The first-order chi connectivity index (χ1) is 12.1. The predicted molar refractivity (Wildman–Crippen MR) is 91.5 cm³/mol. The molecule has 0 N–H and O–H groups in total.